The van der Waals surface area contributed by atoms with E-state index < -0.39 is 5.97 Å². The molecule has 1 rings (SSSR count). The molecule has 0 aliphatic carbocycles. The molecule has 0 bridgehead atoms. The summed E-state index contributed by atoms with van der Waals surface area (Å²) in [6, 6.07) is 0. The van der Waals surface area contributed by atoms with Crippen LogP contribution in [0.3, 0.4) is 0 Å². The van der Waals surface area contributed by atoms with Crippen LogP contribution < -0.4 is 0 Å². The van der Waals surface area contributed by atoms with Crippen molar-refractivity contribution < 1.29 is 19.0 Å². The Hall–Kier alpha value is -0.870. The Balaban J connectivity index is 2.00. The molecule has 4 heteroatoms. The summed E-state index contributed by atoms with van der Waals surface area (Å²) in [6.45, 7) is 7.29. The molecule has 0 radical (unpaired) electrons. The molecule has 1 heterocycles. The van der Waals surface area contributed by atoms with Crippen molar-refractivity contribution in [2.75, 3.05) is 26.6 Å². The Bertz CT molecular complexity index is 196. The molecule has 74 valence electrons. The molecule has 1 saturated heterocycles. The number of hydrogen-bond donors (Lipinski definition) is 0. The van der Waals surface area contributed by atoms with Crippen LogP contribution in [0.4, 0.5) is 0 Å². The van der Waals surface area contributed by atoms with Crippen molar-refractivity contribution in [1.82, 2.24) is 0 Å². The van der Waals surface area contributed by atoms with Gasteiger partial charge >= 0.3 is 5.97 Å². The minimum absolute atomic E-state index is 0.0134. The Labute approximate surface area is 77.5 Å². The van der Waals surface area contributed by atoms with Gasteiger partial charge in [0.25, 0.3) is 0 Å². The van der Waals surface area contributed by atoms with Crippen molar-refractivity contribution in [3.63, 3.8) is 0 Å². The van der Waals surface area contributed by atoms with Crippen LogP contribution in [-0.4, -0.2) is 32.6 Å². The van der Waals surface area contributed by atoms with E-state index in [9.17, 15) is 4.79 Å². The van der Waals surface area contributed by atoms with Crippen molar-refractivity contribution in [1.29, 1.82) is 0 Å². The smallest absolute Gasteiger partial charge is 0.332 e. The molecule has 0 N–H and O–H groups in total. The molecule has 13 heavy (non-hydrogen) atoms. The standard InChI is InChI=1S/C9H14O4/c1-3-8(10)13-7-12-6-9(2)4-11-5-9/h3H,1,4-7H2,2H3. The normalized spacial score (nSPS) is 18.8. The maximum Gasteiger partial charge on any atom is 0.332 e. The zero-order valence-electron chi connectivity index (χ0n) is 7.75. The topological polar surface area (TPSA) is 44.8 Å². The van der Waals surface area contributed by atoms with Gasteiger partial charge in [-0.2, -0.15) is 0 Å². The first-order chi connectivity index (χ1) is 6.16. The fourth-order valence-electron chi connectivity index (χ4n) is 0.981. The molecule has 0 amide bonds. The van der Waals surface area contributed by atoms with Crippen LogP contribution in [0, 0.1) is 5.41 Å². The Kier molecular flexibility index (Phi) is 3.45. The molecule has 0 spiro atoms. The van der Waals surface area contributed by atoms with E-state index in [0.29, 0.717) is 19.8 Å². The summed E-state index contributed by atoms with van der Waals surface area (Å²) in [7, 11) is 0. The van der Waals surface area contributed by atoms with Gasteiger partial charge in [-0.1, -0.05) is 13.5 Å². The third kappa shape index (κ3) is 3.16. The lowest BCUT2D eigenvalue weighted by Crippen LogP contribution is -2.43. The first kappa shape index (κ1) is 10.2. The van der Waals surface area contributed by atoms with Crippen molar-refractivity contribution in [3.8, 4) is 0 Å². The van der Waals surface area contributed by atoms with E-state index in [-0.39, 0.29) is 12.2 Å². The van der Waals surface area contributed by atoms with E-state index in [1.54, 1.807) is 0 Å². The fraction of sp³-hybridized carbons (Fsp3) is 0.667. The van der Waals surface area contributed by atoms with E-state index in [0.717, 1.165) is 6.08 Å². The summed E-state index contributed by atoms with van der Waals surface area (Å²) in [5.41, 5.74) is 0.0978. The predicted molar refractivity (Wildman–Crippen MR) is 46.0 cm³/mol. The van der Waals surface area contributed by atoms with Gasteiger partial charge in [0.15, 0.2) is 6.79 Å². The number of ether oxygens (including phenoxy) is 3. The summed E-state index contributed by atoms with van der Waals surface area (Å²) in [4.78, 5) is 10.6. The van der Waals surface area contributed by atoms with Gasteiger partial charge in [0.2, 0.25) is 0 Å². The second-order valence-corrected chi connectivity index (χ2v) is 3.44. The van der Waals surface area contributed by atoms with E-state index in [2.05, 4.69) is 18.2 Å². The Morgan fingerprint density at radius 3 is 2.85 bits per heavy atom. The molecule has 1 aliphatic rings. The van der Waals surface area contributed by atoms with Crippen molar-refractivity contribution in [2.45, 2.75) is 6.92 Å². The summed E-state index contributed by atoms with van der Waals surface area (Å²) >= 11 is 0. The predicted octanol–water partition coefficient (Wildman–Crippen LogP) is 0.726. The molecule has 1 aliphatic heterocycles. The summed E-state index contributed by atoms with van der Waals surface area (Å²) in [6.07, 6.45) is 1.11. The van der Waals surface area contributed by atoms with E-state index in [1.165, 1.54) is 0 Å². The monoisotopic (exact) mass is 186 g/mol. The Morgan fingerprint density at radius 2 is 2.38 bits per heavy atom. The summed E-state index contributed by atoms with van der Waals surface area (Å²) in [5, 5.41) is 0. The zero-order valence-corrected chi connectivity index (χ0v) is 7.75. The van der Waals surface area contributed by atoms with Crippen molar-refractivity contribution in [2.24, 2.45) is 5.41 Å². The quantitative estimate of drug-likeness (QED) is 0.275. The highest BCUT2D eigenvalue weighted by Gasteiger charge is 2.33. The van der Waals surface area contributed by atoms with Gasteiger partial charge in [0, 0.05) is 11.5 Å². The second kappa shape index (κ2) is 4.39. The number of esters is 1. The minimum Gasteiger partial charge on any atom is -0.435 e. The maximum atomic E-state index is 10.6. The highest BCUT2D eigenvalue weighted by atomic mass is 16.7. The van der Waals surface area contributed by atoms with Crippen LogP contribution in [0.5, 0.6) is 0 Å². The van der Waals surface area contributed by atoms with Gasteiger partial charge in [0.05, 0.1) is 19.8 Å². The zero-order chi connectivity index (χ0) is 9.73. The number of hydrogen-bond acceptors (Lipinski definition) is 4. The third-order valence-corrected chi connectivity index (χ3v) is 1.80. The summed E-state index contributed by atoms with van der Waals surface area (Å²) in [5.74, 6) is -0.463. The Morgan fingerprint density at radius 1 is 1.69 bits per heavy atom. The fourth-order valence-corrected chi connectivity index (χ4v) is 0.981. The van der Waals surface area contributed by atoms with Crippen LogP contribution in [0.25, 0.3) is 0 Å². The van der Waals surface area contributed by atoms with Crippen LogP contribution in [-0.2, 0) is 19.0 Å². The first-order valence-electron chi connectivity index (χ1n) is 4.11. The molecular weight excluding hydrogens is 172 g/mol. The second-order valence-electron chi connectivity index (χ2n) is 3.44. The van der Waals surface area contributed by atoms with Crippen LogP contribution in [0.2, 0.25) is 0 Å². The van der Waals surface area contributed by atoms with Gasteiger partial charge in [-0.15, -0.1) is 0 Å². The molecule has 0 aromatic carbocycles. The van der Waals surface area contributed by atoms with Gasteiger partial charge in [-0.3, -0.25) is 0 Å². The third-order valence-electron chi connectivity index (χ3n) is 1.80. The van der Waals surface area contributed by atoms with E-state index in [4.69, 9.17) is 9.47 Å². The molecular formula is C9H14O4. The van der Waals surface area contributed by atoms with E-state index >= 15 is 0 Å². The first-order valence-corrected chi connectivity index (χ1v) is 4.11. The van der Waals surface area contributed by atoms with Crippen LogP contribution in [0.15, 0.2) is 12.7 Å². The van der Waals surface area contributed by atoms with Gasteiger partial charge in [-0.25, -0.2) is 4.79 Å². The molecule has 0 saturated carbocycles. The van der Waals surface area contributed by atoms with Gasteiger partial charge in [-0.05, 0) is 0 Å². The average molecular weight is 186 g/mol. The lowest BCUT2D eigenvalue weighted by molar-refractivity contribution is -0.172. The van der Waals surface area contributed by atoms with E-state index in [1.807, 2.05) is 0 Å². The van der Waals surface area contributed by atoms with Crippen molar-refractivity contribution >= 4 is 5.97 Å². The van der Waals surface area contributed by atoms with Crippen LogP contribution >= 0.6 is 0 Å². The highest BCUT2D eigenvalue weighted by molar-refractivity contribution is 5.81. The molecule has 0 aromatic rings. The highest BCUT2D eigenvalue weighted by Crippen LogP contribution is 2.26. The molecule has 4 nitrogen and oxygen atoms in total. The number of carbonyl (C=O) groups excluding carboxylic acids is 1. The summed E-state index contributed by atoms with van der Waals surface area (Å²) < 4.78 is 14.8. The SMILES string of the molecule is C=CC(=O)OCOCC1(C)COC1. The molecule has 0 unspecified atom stereocenters. The molecule has 1 fully saturated rings. The van der Waals surface area contributed by atoms with Crippen molar-refractivity contribution in [3.05, 3.63) is 12.7 Å². The van der Waals surface area contributed by atoms with Gasteiger partial charge in [0.1, 0.15) is 0 Å². The lowest BCUT2D eigenvalue weighted by atomic mass is 9.90. The maximum absolute atomic E-state index is 10.6. The number of rotatable bonds is 5. The van der Waals surface area contributed by atoms with Crippen LogP contribution in [0.1, 0.15) is 6.92 Å². The van der Waals surface area contributed by atoms with Gasteiger partial charge < -0.3 is 14.2 Å². The largest absolute Gasteiger partial charge is 0.435 e. The molecule has 0 aromatic heterocycles. The number of carbonyl (C=O) groups is 1. The minimum atomic E-state index is -0.463. The molecule has 0 atom stereocenters. The average Bonchev–Trinajstić information content (AvgIpc) is 2.09. The lowest BCUT2D eigenvalue weighted by Gasteiger charge is -2.37.